The molecule has 2 aromatic heterocycles. The van der Waals surface area contributed by atoms with E-state index in [0.29, 0.717) is 26.3 Å². The maximum atomic E-state index is 12.8. The van der Waals surface area contributed by atoms with Crippen LogP contribution in [0.2, 0.25) is 0 Å². The molecule has 0 aliphatic rings. The van der Waals surface area contributed by atoms with E-state index < -0.39 is 25.3 Å². The van der Waals surface area contributed by atoms with Crippen molar-refractivity contribution in [3.05, 3.63) is 91.1 Å². The highest BCUT2D eigenvalue weighted by Gasteiger charge is 2.21. The molecule has 4 aromatic rings. The molecule has 0 N–H and O–H groups in total. The standard InChI is InChI=1S/C19H6Br2N2O8S2/c20-12-5-9(22(27)28)1-7-4-14(17(24)31-15(7)12)32-18(25)11-3-8-2-10(23(29)30)6-13(21)16(8)33-19(11)26/h1-6H. The third-order valence-electron chi connectivity index (χ3n) is 4.36. The fourth-order valence-corrected chi connectivity index (χ4v) is 5.84. The van der Waals surface area contributed by atoms with Gasteiger partial charge in [-0.1, -0.05) is 11.3 Å². The van der Waals surface area contributed by atoms with Gasteiger partial charge in [-0.15, -0.1) is 0 Å². The Labute approximate surface area is 206 Å². The second kappa shape index (κ2) is 8.78. The van der Waals surface area contributed by atoms with Crippen molar-refractivity contribution in [3.63, 3.8) is 0 Å². The van der Waals surface area contributed by atoms with Gasteiger partial charge >= 0.3 is 5.63 Å². The Morgan fingerprint density at radius 3 is 2.15 bits per heavy atom. The molecule has 4 rings (SSSR count). The normalized spacial score (nSPS) is 11.1. The molecule has 0 saturated carbocycles. The van der Waals surface area contributed by atoms with Crippen LogP contribution in [-0.2, 0) is 0 Å². The van der Waals surface area contributed by atoms with E-state index in [2.05, 4.69) is 31.9 Å². The lowest BCUT2D eigenvalue weighted by molar-refractivity contribution is -0.384. The molecular formula is C19H6Br2N2O8S2. The first-order chi connectivity index (χ1) is 15.5. The van der Waals surface area contributed by atoms with Gasteiger partial charge < -0.3 is 4.42 Å². The van der Waals surface area contributed by atoms with Crippen LogP contribution in [-0.4, -0.2) is 15.0 Å². The summed E-state index contributed by atoms with van der Waals surface area (Å²) in [4.78, 5) is 58.6. The summed E-state index contributed by atoms with van der Waals surface area (Å²) in [7, 11) is 0. The fraction of sp³-hybridized carbons (Fsp3) is 0. The molecule has 0 unspecified atom stereocenters. The number of nitro groups is 2. The summed E-state index contributed by atoms with van der Waals surface area (Å²) in [6.07, 6.45) is 0. The van der Waals surface area contributed by atoms with Gasteiger partial charge in [0.25, 0.3) is 11.4 Å². The van der Waals surface area contributed by atoms with Crippen molar-refractivity contribution in [2.24, 2.45) is 0 Å². The smallest absolute Gasteiger partial charge is 0.350 e. The number of thioether (sulfide) groups is 1. The molecule has 0 radical (unpaired) electrons. The summed E-state index contributed by atoms with van der Waals surface area (Å²) in [5.41, 5.74) is -1.56. The van der Waals surface area contributed by atoms with Crippen LogP contribution in [0, 0.1) is 20.2 Å². The highest BCUT2D eigenvalue weighted by molar-refractivity contribution is 9.11. The Bertz CT molecular complexity index is 1650. The molecule has 0 atom stereocenters. The quantitative estimate of drug-likeness (QED) is 0.123. The molecule has 14 heteroatoms. The first-order valence-corrected chi connectivity index (χ1v) is 11.8. The number of nitrogens with zero attached hydrogens (tertiary/aromatic N) is 2. The molecule has 0 bridgehead atoms. The largest absolute Gasteiger partial charge is 0.421 e. The van der Waals surface area contributed by atoms with Gasteiger partial charge in [-0.3, -0.25) is 29.8 Å². The summed E-state index contributed by atoms with van der Waals surface area (Å²) in [6, 6.07) is 7.35. The van der Waals surface area contributed by atoms with E-state index in [4.69, 9.17) is 4.42 Å². The second-order valence-corrected chi connectivity index (χ2v) is 10.1. The highest BCUT2D eigenvalue weighted by atomic mass is 79.9. The average molecular weight is 614 g/mol. The van der Waals surface area contributed by atoms with Crippen LogP contribution >= 0.6 is 55.0 Å². The Balaban J connectivity index is 1.79. The van der Waals surface area contributed by atoms with Crippen LogP contribution in [0.5, 0.6) is 0 Å². The van der Waals surface area contributed by atoms with Crippen LogP contribution in [0.4, 0.5) is 11.4 Å². The molecule has 2 aromatic carbocycles. The molecule has 0 aliphatic heterocycles. The zero-order valence-electron chi connectivity index (χ0n) is 15.7. The van der Waals surface area contributed by atoms with Crippen molar-refractivity contribution in [1.82, 2.24) is 0 Å². The van der Waals surface area contributed by atoms with E-state index >= 15 is 0 Å². The number of rotatable bonds is 4. The number of fused-ring (bicyclic) bond motifs is 2. The SMILES string of the molecule is O=C(Sc1cc2cc([N+](=O)[O-])cc(Br)c2oc1=O)c1cc2cc([N+](=O)[O-])cc(Br)c2sc1=O. The van der Waals surface area contributed by atoms with Gasteiger partial charge in [0.2, 0.25) is 9.86 Å². The zero-order chi connectivity index (χ0) is 24.0. The van der Waals surface area contributed by atoms with Gasteiger partial charge in [0.05, 0.1) is 24.6 Å². The number of carbonyl (C=O) groups excluding carboxylic acids is 1. The second-order valence-electron chi connectivity index (χ2n) is 6.44. The van der Waals surface area contributed by atoms with Crippen molar-refractivity contribution < 1.29 is 19.1 Å². The summed E-state index contributed by atoms with van der Waals surface area (Å²) in [5, 5.41) is 21.9. The van der Waals surface area contributed by atoms with E-state index in [1.165, 1.54) is 36.4 Å². The Morgan fingerprint density at radius 1 is 0.909 bits per heavy atom. The predicted octanol–water partition coefficient (Wildman–Crippen LogP) is 5.64. The van der Waals surface area contributed by atoms with Crippen LogP contribution in [0.3, 0.4) is 0 Å². The summed E-state index contributed by atoms with van der Waals surface area (Å²) in [6.45, 7) is 0. The van der Waals surface area contributed by atoms with Crippen molar-refractivity contribution in [1.29, 1.82) is 0 Å². The fourth-order valence-electron chi connectivity index (χ4n) is 2.91. The number of halogens is 2. The van der Waals surface area contributed by atoms with Gasteiger partial charge in [0, 0.05) is 39.5 Å². The minimum absolute atomic E-state index is 0.0667. The first-order valence-electron chi connectivity index (χ1n) is 8.61. The lowest BCUT2D eigenvalue weighted by atomic mass is 10.2. The molecule has 10 nitrogen and oxygen atoms in total. The lowest BCUT2D eigenvalue weighted by Gasteiger charge is -2.05. The van der Waals surface area contributed by atoms with Crippen molar-refractivity contribution in [2.75, 3.05) is 0 Å². The maximum Gasteiger partial charge on any atom is 0.350 e. The van der Waals surface area contributed by atoms with Crippen LogP contribution in [0.15, 0.2) is 64.2 Å². The molecule has 0 fully saturated rings. The summed E-state index contributed by atoms with van der Waals surface area (Å²) < 4.78 is 5.55. The zero-order valence-corrected chi connectivity index (χ0v) is 20.5. The average Bonchev–Trinajstić information content (AvgIpc) is 2.74. The number of nitro benzene ring substituents is 2. The van der Waals surface area contributed by atoms with E-state index in [-0.39, 0.29) is 37.3 Å². The van der Waals surface area contributed by atoms with Gasteiger partial charge in [0.1, 0.15) is 4.90 Å². The van der Waals surface area contributed by atoms with Crippen LogP contribution in [0.25, 0.3) is 21.1 Å². The summed E-state index contributed by atoms with van der Waals surface area (Å²) in [5.74, 6) is 0. The van der Waals surface area contributed by atoms with Crippen LogP contribution < -0.4 is 10.4 Å². The van der Waals surface area contributed by atoms with Crippen molar-refractivity contribution >= 4 is 92.5 Å². The minimum Gasteiger partial charge on any atom is -0.421 e. The molecule has 166 valence electrons. The highest BCUT2D eigenvalue weighted by Crippen LogP contribution is 2.34. The van der Waals surface area contributed by atoms with Gasteiger partial charge in [-0.2, -0.15) is 0 Å². The lowest BCUT2D eigenvalue weighted by Crippen LogP contribution is -2.11. The third kappa shape index (κ3) is 4.46. The van der Waals surface area contributed by atoms with Gasteiger partial charge in [-0.25, -0.2) is 4.79 Å². The number of benzene rings is 2. The first kappa shape index (κ1) is 23.2. The molecule has 2 heterocycles. The van der Waals surface area contributed by atoms with Crippen molar-refractivity contribution in [3.8, 4) is 0 Å². The van der Waals surface area contributed by atoms with Crippen molar-refractivity contribution in [2.45, 2.75) is 4.90 Å². The van der Waals surface area contributed by atoms with E-state index in [1.807, 2.05) is 0 Å². The third-order valence-corrected chi connectivity index (χ3v) is 7.81. The molecule has 33 heavy (non-hydrogen) atoms. The Hall–Kier alpha value is -2.94. The molecule has 0 saturated heterocycles. The molecule has 0 amide bonds. The van der Waals surface area contributed by atoms with Crippen LogP contribution in [0.1, 0.15) is 10.4 Å². The van der Waals surface area contributed by atoms with Gasteiger partial charge in [0.15, 0.2) is 5.58 Å². The Kier molecular flexibility index (Phi) is 6.18. The van der Waals surface area contributed by atoms with E-state index in [1.54, 1.807) is 0 Å². The molecule has 0 aliphatic carbocycles. The van der Waals surface area contributed by atoms with Gasteiger partial charge in [-0.05, 0) is 55.8 Å². The Morgan fingerprint density at radius 2 is 1.52 bits per heavy atom. The number of non-ortho nitro benzene ring substituents is 2. The van der Waals surface area contributed by atoms with E-state index in [0.717, 1.165) is 11.3 Å². The number of carbonyl (C=O) groups is 1. The maximum absolute atomic E-state index is 12.8. The topological polar surface area (TPSA) is 151 Å². The van der Waals surface area contributed by atoms with E-state index in [9.17, 15) is 34.6 Å². The molecule has 0 spiro atoms. The monoisotopic (exact) mass is 612 g/mol. The molecular weight excluding hydrogens is 608 g/mol. The summed E-state index contributed by atoms with van der Waals surface area (Å²) >= 11 is 7.46. The number of hydrogen-bond acceptors (Lipinski definition) is 10. The number of hydrogen-bond donors (Lipinski definition) is 0. The minimum atomic E-state index is -0.870. The predicted molar refractivity (Wildman–Crippen MR) is 129 cm³/mol.